The summed E-state index contributed by atoms with van der Waals surface area (Å²) in [5.74, 6) is 0.763. The SMILES string of the molecule is CC(C)(C)c1ccc([C@@H]2C[C@@H](N)C[C@H]2CO)cc1. The monoisotopic (exact) mass is 247 g/mol. The minimum atomic E-state index is 0.195. The molecule has 18 heavy (non-hydrogen) atoms. The number of hydrogen-bond acceptors (Lipinski definition) is 2. The molecule has 2 rings (SSSR count). The predicted molar refractivity (Wildman–Crippen MR) is 75.7 cm³/mol. The van der Waals surface area contributed by atoms with Crippen LogP contribution in [0.3, 0.4) is 0 Å². The molecular weight excluding hydrogens is 222 g/mol. The Morgan fingerprint density at radius 2 is 1.78 bits per heavy atom. The fraction of sp³-hybridized carbons (Fsp3) is 0.625. The molecule has 1 aromatic carbocycles. The zero-order valence-electron chi connectivity index (χ0n) is 11.7. The number of rotatable bonds is 2. The molecule has 0 saturated heterocycles. The van der Waals surface area contributed by atoms with Crippen LogP contribution in [0.5, 0.6) is 0 Å². The molecule has 0 heterocycles. The van der Waals surface area contributed by atoms with Gasteiger partial charge in [0.25, 0.3) is 0 Å². The summed E-state index contributed by atoms with van der Waals surface area (Å²) in [5.41, 5.74) is 8.90. The maximum Gasteiger partial charge on any atom is 0.0465 e. The lowest BCUT2D eigenvalue weighted by Crippen LogP contribution is -2.15. The van der Waals surface area contributed by atoms with E-state index in [1.165, 1.54) is 11.1 Å². The first kappa shape index (κ1) is 13.6. The predicted octanol–water partition coefficient (Wildman–Crippen LogP) is 2.80. The summed E-state index contributed by atoms with van der Waals surface area (Å²) in [4.78, 5) is 0. The van der Waals surface area contributed by atoms with Crippen molar-refractivity contribution in [3.8, 4) is 0 Å². The van der Waals surface area contributed by atoms with Crippen LogP contribution in [0.15, 0.2) is 24.3 Å². The smallest absolute Gasteiger partial charge is 0.0465 e. The van der Waals surface area contributed by atoms with Crippen molar-refractivity contribution in [1.29, 1.82) is 0 Å². The van der Waals surface area contributed by atoms with Crippen LogP contribution in [0.25, 0.3) is 0 Å². The van der Waals surface area contributed by atoms with Gasteiger partial charge in [-0.3, -0.25) is 0 Å². The summed E-state index contributed by atoms with van der Waals surface area (Å²) in [5, 5.41) is 9.44. The highest BCUT2D eigenvalue weighted by atomic mass is 16.3. The number of nitrogens with two attached hydrogens (primary N) is 1. The van der Waals surface area contributed by atoms with Crippen LogP contribution < -0.4 is 5.73 Å². The largest absolute Gasteiger partial charge is 0.396 e. The van der Waals surface area contributed by atoms with Gasteiger partial charge >= 0.3 is 0 Å². The van der Waals surface area contributed by atoms with E-state index < -0.39 is 0 Å². The summed E-state index contributed by atoms with van der Waals surface area (Å²) in [6.45, 7) is 6.93. The molecule has 0 spiro atoms. The van der Waals surface area contributed by atoms with E-state index in [9.17, 15) is 5.11 Å². The molecule has 100 valence electrons. The van der Waals surface area contributed by atoms with E-state index in [-0.39, 0.29) is 18.1 Å². The first-order valence-corrected chi connectivity index (χ1v) is 6.88. The van der Waals surface area contributed by atoms with Gasteiger partial charge < -0.3 is 10.8 Å². The Morgan fingerprint density at radius 3 is 2.28 bits per heavy atom. The summed E-state index contributed by atoms with van der Waals surface area (Å²) in [6, 6.07) is 9.11. The van der Waals surface area contributed by atoms with Gasteiger partial charge in [-0.15, -0.1) is 0 Å². The van der Waals surface area contributed by atoms with Gasteiger partial charge in [0.15, 0.2) is 0 Å². The van der Waals surface area contributed by atoms with Gasteiger partial charge in [-0.05, 0) is 41.2 Å². The third kappa shape index (κ3) is 2.76. The van der Waals surface area contributed by atoms with Gasteiger partial charge in [-0.25, -0.2) is 0 Å². The van der Waals surface area contributed by atoms with Crippen LogP contribution >= 0.6 is 0 Å². The fourth-order valence-corrected chi connectivity index (χ4v) is 3.01. The normalized spacial score (nSPS) is 28.6. The van der Waals surface area contributed by atoms with E-state index >= 15 is 0 Å². The van der Waals surface area contributed by atoms with E-state index in [1.807, 2.05) is 0 Å². The molecule has 2 heteroatoms. The first-order valence-electron chi connectivity index (χ1n) is 6.88. The maximum absolute atomic E-state index is 9.44. The molecular formula is C16H25NO. The Bertz CT molecular complexity index is 391. The van der Waals surface area contributed by atoms with Crippen molar-refractivity contribution >= 4 is 0 Å². The summed E-state index contributed by atoms with van der Waals surface area (Å²) in [7, 11) is 0. The van der Waals surface area contributed by atoms with Crippen LogP contribution in [0, 0.1) is 5.92 Å². The van der Waals surface area contributed by atoms with Crippen molar-refractivity contribution in [2.75, 3.05) is 6.61 Å². The van der Waals surface area contributed by atoms with Crippen LogP contribution in [0.4, 0.5) is 0 Å². The average Bonchev–Trinajstić information content (AvgIpc) is 2.69. The second-order valence-corrected chi connectivity index (χ2v) is 6.65. The minimum Gasteiger partial charge on any atom is -0.396 e. The minimum absolute atomic E-state index is 0.195. The van der Waals surface area contributed by atoms with Crippen molar-refractivity contribution in [2.24, 2.45) is 11.7 Å². The van der Waals surface area contributed by atoms with Gasteiger partial charge in [0, 0.05) is 12.6 Å². The van der Waals surface area contributed by atoms with Crippen molar-refractivity contribution in [3.05, 3.63) is 35.4 Å². The van der Waals surface area contributed by atoms with Crippen LogP contribution in [0.2, 0.25) is 0 Å². The lowest BCUT2D eigenvalue weighted by atomic mass is 9.84. The highest BCUT2D eigenvalue weighted by Crippen LogP contribution is 2.39. The lowest BCUT2D eigenvalue weighted by Gasteiger charge is -2.22. The molecule has 0 aromatic heterocycles. The highest BCUT2D eigenvalue weighted by molar-refractivity contribution is 5.30. The summed E-state index contributed by atoms with van der Waals surface area (Å²) >= 11 is 0. The molecule has 1 fully saturated rings. The summed E-state index contributed by atoms with van der Waals surface area (Å²) < 4.78 is 0. The lowest BCUT2D eigenvalue weighted by molar-refractivity contribution is 0.216. The van der Waals surface area contributed by atoms with Crippen LogP contribution in [0.1, 0.15) is 50.7 Å². The van der Waals surface area contributed by atoms with Crippen molar-refractivity contribution in [2.45, 2.75) is 51.0 Å². The molecule has 3 atom stereocenters. The Kier molecular flexibility index (Phi) is 3.79. The maximum atomic E-state index is 9.44. The molecule has 1 aromatic rings. The number of aliphatic hydroxyl groups is 1. The Morgan fingerprint density at radius 1 is 1.17 bits per heavy atom. The molecule has 0 bridgehead atoms. The second kappa shape index (κ2) is 5.02. The first-order chi connectivity index (χ1) is 8.41. The molecule has 1 saturated carbocycles. The third-order valence-corrected chi connectivity index (χ3v) is 4.17. The Hall–Kier alpha value is -0.860. The zero-order valence-corrected chi connectivity index (χ0v) is 11.7. The number of hydrogen-bond donors (Lipinski definition) is 2. The van der Waals surface area contributed by atoms with Crippen molar-refractivity contribution in [3.63, 3.8) is 0 Å². The molecule has 0 amide bonds. The second-order valence-electron chi connectivity index (χ2n) is 6.65. The van der Waals surface area contributed by atoms with Crippen molar-refractivity contribution < 1.29 is 5.11 Å². The molecule has 0 radical (unpaired) electrons. The average molecular weight is 247 g/mol. The Balaban J connectivity index is 2.19. The van der Waals surface area contributed by atoms with E-state index in [4.69, 9.17) is 5.73 Å². The fourth-order valence-electron chi connectivity index (χ4n) is 3.01. The van der Waals surface area contributed by atoms with E-state index in [0.717, 1.165) is 12.8 Å². The van der Waals surface area contributed by atoms with Gasteiger partial charge in [0.1, 0.15) is 0 Å². The van der Waals surface area contributed by atoms with E-state index in [0.29, 0.717) is 11.8 Å². The standard InChI is InChI=1S/C16H25NO/c1-16(2,3)13-6-4-11(5-7-13)15-9-14(17)8-12(15)10-18/h4-7,12,14-15,18H,8-10,17H2,1-3H3/t12-,14-,15-/m0/s1. The Labute approximate surface area is 110 Å². The molecule has 3 N–H and O–H groups in total. The topological polar surface area (TPSA) is 46.2 Å². The van der Waals surface area contributed by atoms with Crippen LogP contribution in [-0.2, 0) is 5.41 Å². The van der Waals surface area contributed by atoms with Crippen molar-refractivity contribution in [1.82, 2.24) is 0 Å². The van der Waals surface area contributed by atoms with Gasteiger partial charge in [0.2, 0.25) is 0 Å². The summed E-state index contributed by atoms with van der Waals surface area (Å²) in [6.07, 6.45) is 1.95. The third-order valence-electron chi connectivity index (χ3n) is 4.17. The quantitative estimate of drug-likeness (QED) is 0.844. The highest BCUT2D eigenvalue weighted by Gasteiger charge is 2.32. The molecule has 1 aliphatic rings. The van der Waals surface area contributed by atoms with Gasteiger partial charge in [-0.2, -0.15) is 0 Å². The van der Waals surface area contributed by atoms with Crippen LogP contribution in [-0.4, -0.2) is 17.8 Å². The van der Waals surface area contributed by atoms with E-state index in [1.54, 1.807) is 0 Å². The molecule has 1 aliphatic carbocycles. The number of benzene rings is 1. The van der Waals surface area contributed by atoms with Gasteiger partial charge in [0.05, 0.1) is 0 Å². The zero-order chi connectivity index (χ0) is 13.3. The van der Waals surface area contributed by atoms with Gasteiger partial charge in [-0.1, -0.05) is 45.0 Å². The van der Waals surface area contributed by atoms with E-state index in [2.05, 4.69) is 45.0 Å². The molecule has 2 nitrogen and oxygen atoms in total. The number of aliphatic hydroxyl groups excluding tert-OH is 1. The molecule has 0 unspecified atom stereocenters. The molecule has 0 aliphatic heterocycles.